The number of ether oxygens (including phenoxy) is 1. The minimum absolute atomic E-state index is 0.0210. The Kier molecular flexibility index (Phi) is 1.90. The van der Waals surface area contributed by atoms with E-state index in [1.807, 2.05) is 6.92 Å². The van der Waals surface area contributed by atoms with Gasteiger partial charge in [0.15, 0.2) is 0 Å². The van der Waals surface area contributed by atoms with E-state index in [9.17, 15) is 4.79 Å². The second-order valence-corrected chi connectivity index (χ2v) is 5.33. The zero-order valence-electron chi connectivity index (χ0n) is 8.67. The summed E-state index contributed by atoms with van der Waals surface area (Å²) in [5, 5.41) is 0. The molecule has 74 valence electrons. The lowest BCUT2D eigenvalue weighted by Gasteiger charge is -2.36. The summed E-state index contributed by atoms with van der Waals surface area (Å²) in [6, 6.07) is 0. The van der Waals surface area contributed by atoms with Crippen LogP contribution in [0.25, 0.3) is 0 Å². The molecule has 2 heteroatoms. The van der Waals surface area contributed by atoms with Gasteiger partial charge in [-0.1, -0.05) is 20.8 Å². The van der Waals surface area contributed by atoms with E-state index in [0.717, 1.165) is 12.8 Å². The van der Waals surface area contributed by atoms with Crippen molar-refractivity contribution in [3.63, 3.8) is 0 Å². The van der Waals surface area contributed by atoms with Gasteiger partial charge < -0.3 is 4.74 Å². The zero-order chi connectivity index (χ0) is 9.64. The highest BCUT2D eigenvalue weighted by molar-refractivity contribution is 5.74. The molecule has 1 saturated carbocycles. The monoisotopic (exact) mass is 182 g/mol. The van der Waals surface area contributed by atoms with Gasteiger partial charge in [-0.3, -0.25) is 4.79 Å². The van der Waals surface area contributed by atoms with Crippen molar-refractivity contribution >= 4 is 5.97 Å². The van der Waals surface area contributed by atoms with Crippen molar-refractivity contribution in [3.8, 4) is 0 Å². The van der Waals surface area contributed by atoms with Crippen molar-refractivity contribution < 1.29 is 9.53 Å². The van der Waals surface area contributed by atoms with E-state index in [1.165, 1.54) is 6.42 Å². The van der Waals surface area contributed by atoms with Crippen LogP contribution in [0.4, 0.5) is 0 Å². The number of fused-ring (bicyclic) bond motifs is 1. The van der Waals surface area contributed by atoms with E-state index in [1.54, 1.807) is 0 Å². The van der Waals surface area contributed by atoms with Crippen molar-refractivity contribution in [1.82, 2.24) is 0 Å². The Balaban J connectivity index is 2.12. The minimum Gasteiger partial charge on any atom is -0.462 e. The summed E-state index contributed by atoms with van der Waals surface area (Å²) in [4.78, 5) is 11.3. The van der Waals surface area contributed by atoms with Crippen LogP contribution in [0.1, 0.15) is 40.0 Å². The largest absolute Gasteiger partial charge is 0.462 e. The molecule has 2 nitrogen and oxygen atoms in total. The molecule has 1 unspecified atom stereocenters. The summed E-state index contributed by atoms with van der Waals surface area (Å²) in [5.41, 5.74) is 0.367. The highest BCUT2D eigenvalue weighted by Crippen LogP contribution is 2.45. The van der Waals surface area contributed by atoms with Gasteiger partial charge >= 0.3 is 5.97 Å². The molecule has 0 N–H and O–H groups in total. The molecule has 13 heavy (non-hydrogen) atoms. The summed E-state index contributed by atoms with van der Waals surface area (Å²) in [6.45, 7) is 6.53. The Labute approximate surface area is 79.7 Å². The van der Waals surface area contributed by atoms with Crippen LogP contribution in [-0.4, -0.2) is 12.1 Å². The Bertz CT molecular complexity index is 232. The van der Waals surface area contributed by atoms with Crippen LogP contribution >= 0.6 is 0 Å². The van der Waals surface area contributed by atoms with Gasteiger partial charge in [-0.2, -0.15) is 0 Å². The quantitative estimate of drug-likeness (QED) is 0.538. The Morgan fingerprint density at radius 1 is 1.46 bits per heavy atom. The molecule has 0 aromatic carbocycles. The first-order valence-corrected chi connectivity index (χ1v) is 5.20. The van der Waals surface area contributed by atoms with Crippen molar-refractivity contribution in [2.24, 2.45) is 17.3 Å². The average molecular weight is 182 g/mol. The first kappa shape index (κ1) is 9.04. The molecule has 2 rings (SSSR count). The third-order valence-electron chi connectivity index (χ3n) is 3.67. The predicted octanol–water partition coefficient (Wildman–Crippen LogP) is 2.37. The number of hydrogen-bond donors (Lipinski definition) is 0. The van der Waals surface area contributed by atoms with Crippen LogP contribution in [0.5, 0.6) is 0 Å². The van der Waals surface area contributed by atoms with Crippen LogP contribution in [-0.2, 0) is 9.53 Å². The molecular formula is C11H18O2. The van der Waals surface area contributed by atoms with Gasteiger partial charge in [-0.15, -0.1) is 0 Å². The first-order valence-electron chi connectivity index (χ1n) is 5.20. The third-order valence-corrected chi connectivity index (χ3v) is 3.67. The summed E-state index contributed by atoms with van der Waals surface area (Å²) < 4.78 is 5.37. The smallest absolute Gasteiger partial charge is 0.309 e. The fraction of sp³-hybridized carbons (Fsp3) is 0.909. The third kappa shape index (κ3) is 1.47. The summed E-state index contributed by atoms with van der Waals surface area (Å²) in [5.74, 6) is 0.661. The van der Waals surface area contributed by atoms with Crippen LogP contribution in [0, 0.1) is 17.3 Å². The fourth-order valence-corrected chi connectivity index (χ4v) is 2.67. The van der Waals surface area contributed by atoms with E-state index in [2.05, 4.69) is 13.8 Å². The molecular weight excluding hydrogens is 164 g/mol. The minimum atomic E-state index is 0.0210. The molecule has 0 aromatic rings. The lowest BCUT2D eigenvalue weighted by Crippen LogP contribution is -2.32. The van der Waals surface area contributed by atoms with Gasteiger partial charge in [-0.05, 0) is 24.7 Å². The zero-order valence-corrected chi connectivity index (χ0v) is 8.67. The summed E-state index contributed by atoms with van der Waals surface area (Å²) in [6.07, 6.45) is 3.65. The molecule has 0 aromatic heterocycles. The SMILES string of the molecule is CC1C(=O)O[C@@H]2CC(C)(C)CC[C@@H]12. The van der Waals surface area contributed by atoms with Crippen LogP contribution in [0.3, 0.4) is 0 Å². The van der Waals surface area contributed by atoms with E-state index in [-0.39, 0.29) is 18.0 Å². The lowest BCUT2D eigenvalue weighted by atomic mass is 9.69. The van der Waals surface area contributed by atoms with Gasteiger partial charge in [0, 0.05) is 5.92 Å². The van der Waals surface area contributed by atoms with E-state index < -0.39 is 0 Å². The molecule has 0 amide bonds. The van der Waals surface area contributed by atoms with Crippen LogP contribution in [0.2, 0.25) is 0 Å². The van der Waals surface area contributed by atoms with E-state index in [4.69, 9.17) is 4.74 Å². The van der Waals surface area contributed by atoms with Gasteiger partial charge in [0.2, 0.25) is 0 Å². The van der Waals surface area contributed by atoms with Crippen molar-refractivity contribution in [1.29, 1.82) is 0 Å². The molecule has 0 radical (unpaired) electrons. The molecule has 0 spiro atoms. The van der Waals surface area contributed by atoms with Crippen LogP contribution in [0.15, 0.2) is 0 Å². The predicted molar refractivity (Wildman–Crippen MR) is 50.2 cm³/mol. The maximum atomic E-state index is 11.3. The maximum Gasteiger partial charge on any atom is 0.309 e. The van der Waals surface area contributed by atoms with E-state index >= 15 is 0 Å². The standard InChI is InChI=1S/C11H18O2/c1-7-8-4-5-11(2,3)6-9(8)13-10(7)12/h7-9H,4-6H2,1-3H3/t7?,8-,9+/m0/s1. The van der Waals surface area contributed by atoms with Crippen LogP contribution < -0.4 is 0 Å². The molecule has 1 aliphatic carbocycles. The molecule has 2 fully saturated rings. The van der Waals surface area contributed by atoms with E-state index in [0.29, 0.717) is 11.3 Å². The van der Waals surface area contributed by atoms with Gasteiger partial charge in [0.25, 0.3) is 0 Å². The van der Waals surface area contributed by atoms with Crippen molar-refractivity contribution in [2.45, 2.75) is 46.1 Å². The Morgan fingerprint density at radius 3 is 2.85 bits per heavy atom. The second-order valence-electron chi connectivity index (χ2n) is 5.33. The van der Waals surface area contributed by atoms with Gasteiger partial charge in [0.05, 0.1) is 5.92 Å². The normalized spacial score (nSPS) is 42.7. The molecule has 1 saturated heterocycles. The maximum absolute atomic E-state index is 11.3. The number of hydrogen-bond acceptors (Lipinski definition) is 2. The van der Waals surface area contributed by atoms with Gasteiger partial charge in [0.1, 0.15) is 6.10 Å². The molecule has 2 aliphatic rings. The molecule has 1 aliphatic heterocycles. The molecule has 1 heterocycles. The number of rotatable bonds is 0. The topological polar surface area (TPSA) is 26.3 Å². The molecule has 3 atom stereocenters. The Hall–Kier alpha value is -0.530. The summed E-state index contributed by atoms with van der Waals surface area (Å²) >= 11 is 0. The second kappa shape index (κ2) is 2.73. The number of esters is 1. The van der Waals surface area contributed by atoms with Crippen molar-refractivity contribution in [3.05, 3.63) is 0 Å². The van der Waals surface area contributed by atoms with Crippen molar-refractivity contribution in [2.75, 3.05) is 0 Å². The van der Waals surface area contributed by atoms with Gasteiger partial charge in [-0.25, -0.2) is 0 Å². The number of carbonyl (C=O) groups is 1. The summed E-state index contributed by atoms with van der Waals surface area (Å²) in [7, 11) is 0. The lowest BCUT2D eigenvalue weighted by molar-refractivity contribution is -0.145. The average Bonchev–Trinajstić information content (AvgIpc) is 2.25. The molecule has 0 bridgehead atoms. The fourth-order valence-electron chi connectivity index (χ4n) is 2.67. The number of carbonyl (C=O) groups excluding carboxylic acids is 1. The highest BCUT2D eigenvalue weighted by atomic mass is 16.6. The Morgan fingerprint density at radius 2 is 2.15 bits per heavy atom. The highest BCUT2D eigenvalue weighted by Gasteiger charge is 2.46. The first-order chi connectivity index (χ1) is 5.99.